The third kappa shape index (κ3) is 3.27. The van der Waals surface area contributed by atoms with Crippen LogP contribution in [0.15, 0.2) is 30.3 Å². The monoisotopic (exact) mass is 175 g/mol. The molecule has 0 aliphatic carbocycles. The minimum atomic E-state index is -0.513. The van der Waals surface area contributed by atoms with Crippen LogP contribution in [-0.4, -0.2) is 0 Å². The summed E-state index contributed by atoms with van der Waals surface area (Å²) in [6.07, 6.45) is 0. The minimum absolute atomic E-state index is 0. The summed E-state index contributed by atoms with van der Waals surface area (Å²) in [5, 5.41) is 7.89. The van der Waals surface area contributed by atoms with E-state index >= 15 is 0 Å². The number of nitriles is 1. The van der Waals surface area contributed by atoms with Gasteiger partial charge in [-0.3, -0.25) is 0 Å². The molecular weight excluding hydrogens is 169 g/mol. The van der Waals surface area contributed by atoms with Crippen LogP contribution in [0, 0.1) is 11.3 Å². The molecule has 0 saturated carbocycles. The van der Waals surface area contributed by atoms with Crippen molar-refractivity contribution in [2.24, 2.45) is 0 Å². The van der Waals surface area contributed by atoms with E-state index in [2.05, 4.69) is 0 Å². The molecule has 0 N–H and O–H groups in total. The summed E-state index contributed by atoms with van der Waals surface area (Å²) in [6.45, 7) is 0. The quantitative estimate of drug-likeness (QED) is 0.421. The molecule has 0 radical (unpaired) electrons. The van der Waals surface area contributed by atoms with Crippen LogP contribution in [0.5, 0.6) is 0 Å². The van der Waals surface area contributed by atoms with E-state index < -0.39 is 5.38 Å². The van der Waals surface area contributed by atoms with Gasteiger partial charge in [0.05, 0.1) is 6.07 Å². The fourth-order valence-corrected chi connectivity index (χ4v) is 0.842. The Morgan fingerprint density at radius 3 is 2.36 bits per heavy atom. The van der Waals surface area contributed by atoms with Crippen LogP contribution in [0.25, 0.3) is 0 Å². The number of alkyl halides is 1. The third-order valence-electron chi connectivity index (χ3n) is 1.21. The molecule has 0 fully saturated rings. The Labute approximate surface area is 94.8 Å². The van der Waals surface area contributed by atoms with Crippen molar-refractivity contribution >= 4 is 11.6 Å². The topological polar surface area (TPSA) is 23.8 Å². The van der Waals surface area contributed by atoms with Gasteiger partial charge in [-0.05, 0) is 5.56 Å². The number of hydrogen-bond acceptors (Lipinski definition) is 1. The molecule has 0 amide bonds. The third-order valence-corrected chi connectivity index (χ3v) is 1.56. The van der Waals surface area contributed by atoms with Crippen molar-refractivity contribution in [3.63, 3.8) is 0 Å². The van der Waals surface area contributed by atoms with Crippen LogP contribution in [0.1, 0.15) is 12.4 Å². The van der Waals surface area contributed by atoms with Gasteiger partial charge in [-0.2, -0.15) is 5.26 Å². The molecule has 11 heavy (non-hydrogen) atoms. The van der Waals surface area contributed by atoms with E-state index in [1.165, 1.54) is 0 Å². The van der Waals surface area contributed by atoms with E-state index in [4.69, 9.17) is 16.9 Å². The summed E-state index contributed by atoms with van der Waals surface area (Å²) < 4.78 is 0. The normalized spacial score (nSPS) is 10.9. The number of hydrogen-bond donors (Lipinski definition) is 0. The summed E-state index contributed by atoms with van der Waals surface area (Å²) in [5.74, 6) is 0. The summed E-state index contributed by atoms with van der Waals surface area (Å²) in [7, 11) is 0. The first-order valence-corrected chi connectivity index (χ1v) is 3.37. The zero-order chi connectivity index (χ0) is 7.40. The molecule has 3 heteroatoms. The van der Waals surface area contributed by atoms with Gasteiger partial charge in [0.1, 0.15) is 5.38 Å². The number of halogens is 1. The molecule has 0 spiro atoms. The van der Waals surface area contributed by atoms with E-state index in [0.29, 0.717) is 0 Å². The Hall–Kier alpha value is 0. The molecule has 0 aromatic heterocycles. The Bertz CT molecular complexity index is 247. The van der Waals surface area contributed by atoms with Crippen molar-refractivity contribution in [3.05, 3.63) is 35.9 Å². The molecule has 0 heterocycles. The first-order chi connectivity index (χ1) is 4.84. The van der Waals surface area contributed by atoms with Gasteiger partial charge in [-0.25, -0.2) is 0 Å². The second-order valence-corrected chi connectivity index (χ2v) is 2.34. The first-order valence-electron chi connectivity index (χ1n) is 2.93. The molecule has 1 aromatic carbocycles. The molecule has 0 bridgehead atoms. The van der Waals surface area contributed by atoms with Gasteiger partial charge in [0.15, 0.2) is 0 Å². The van der Waals surface area contributed by atoms with Gasteiger partial charge in [0, 0.05) is 0 Å². The maximum atomic E-state index is 8.41. The second-order valence-electron chi connectivity index (χ2n) is 1.90. The maximum Gasteiger partial charge on any atom is 1.00 e. The standard InChI is InChI=1S/C8H6ClN.Na.H/c9-8(6-10)7-4-2-1-3-5-7;;/h1-5,8H;;/q;+1;-1. The average Bonchev–Trinajstić information content (AvgIpc) is 2.05. The average molecular weight is 176 g/mol. The van der Waals surface area contributed by atoms with Crippen molar-refractivity contribution in [2.75, 3.05) is 0 Å². The fraction of sp³-hybridized carbons (Fsp3) is 0.125. The molecule has 52 valence electrons. The van der Waals surface area contributed by atoms with E-state index in [1.807, 2.05) is 36.4 Å². The minimum Gasteiger partial charge on any atom is -1.00 e. The summed E-state index contributed by atoms with van der Waals surface area (Å²) in [5.41, 5.74) is 0.853. The van der Waals surface area contributed by atoms with Gasteiger partial charge < -0.3 is 1.43 Å². The van der Waals surface area contributed by atoms with Crippen molar-refractivity contribution in [2.45, 2.75) is 5.38 Å². The van der Waals surface area contributed by atoms with Crippen molar-refractivity contribution in [3.8, 4) is 6.07 Å². The maximum absolute atomic E-state index is 8.41. The van der Waals surface area contributed by atoms with Gasteiger partial charge in [0.25, 0.3) is 0 Å². The van der Waals surface area contributed by atoms with Gasteiger partial charge in [-0.15, -0.1) is 11.6 Å². The summed E-state index contributed by atoms with van der Waals surface area (Å²) in [6, 6.07) is 11.2. The molecule has 0 aliphatic rings. The number of nitrogens with zero attached hydrogens (tertiary/aromatic N) is 1. The summed E-state index contributed by atoms with van der Waals surface area (Å²) in [4.78, 5) is 0. The van der Waals surface area contributed by atoms with Gasteiger partial charge in [0.2, 0.25) is 0 Å². The van der Waals surface area contributed by atoms with Crippen LogP contribution < -0.4 is 29.6 Å². The Morgan fingerprint density at radius 1 is 1.36 bits per heavy atom. The zero-order valence-electron chi connectivity index (χ0n) is 7.29. The van der Waals surface area contributed by atoms with E-state index in [-0.39, 0.29) is 31.0 Å². The molecule has 1 aromatic rings. The van der Waals surface area contributed by atoms with E-state index in [1.54, 1.807) is 0 Å². The van der Waals surface area contributed by atoms with Crippen LogP contribution in [0.3, 0.4) is 0 Å². The molecule has 1 nitrogen and oxygen atoms in total. The van der Waals surface area contributed by atoms with Crippen molar-refractivity contribution in [1.29, 1.82) is 5.26 Å². The molecule has 1 unspecified atom stereocenters. The van der Waals surface area contributed by atoms with Crippen LogP contribution in [-0.2, 0) is 0 Å². The predicted octanol–water partition coefficient (Wildman–Crippen LogP) is -0.393. The smallest absolute Gasteiger partial charge is 1.00 e. The van der Waals surface area contributed by atoms with Gasteiger partial charge >= 0.3 is 29.6 Å². The van der Waals surface area contributed by atoms with Crippen LogP contribution in [0.4, 0.5) is 0 Å². The molecule has 1 rings (SSSR count). The second kappa shape index (κ2) is 5.62. The Morgan fingerprint density at radius 2 is 1.91 bits per heavy atom. The van der Waals surface area contributed by atoms with Gasteiger partial charge in [-0.1, -0.05) is 30.3 Å². The SMILES string of the molecule is N#CC(Cl)c1ccccc1.[H-].[Na+]. The number of rotatable bonds is 1. The Balaban J connectivity index is 0. The fourth-order valence-electron chi connectivity index (χ4n) is 0.697. The first kappa shape index (κ1) is 11.0. The molecule has 0 aliphatic heterocycles. The Kier molecular flexibility index (Phi) is 5.62. The van der Waals surface area contributed by atoms with Crippen molar-refractivity contribution in [1.82, 2.24) is 0 Å². The number of benzene rings is 1. The largest absolute Gasteiger partial charge is 1.00 e. The van der Waals surface area contributed by atoms with Crippen molar-refractivity contribution < 1.29 is 31.0 Å². The molecular formula is C8H7ClNNa. The summed E-state index contributed by atoms with van der Waals surface area (Å²) >= 11 is 5.63. The van der Waals surface area contributed by atoms with E-state index in [0.717, 1.165) is 5.56 Å². The van der Waals surface area contributed by atoms with E-state index in [9.17, 15) is 0 Å². The van der Waals surface area contributed by atoms with Crippen LogP contribution in [0.2, 0.25) is 0 Å². The van der Waals surface area contributed by atoms with Crippen LogP contribution >= 0.6 is 11.6 Å². The zero-order valence-corrected chi connectivity index (χ0v) is 9.05. The molecule has 1 atom stereocenters. The molecule has 0 saturated heterocycles. The predicted molar refractivity (Wildman–Crippen MR) is 41.8 cm³/mol.